The molecule has 0 radical (unpaired) electrons. The summed E-state index contributed by atoms with van der Waals surface area (Å²) in [7, 11) is 1.54. The number of aliphatic hydroxyl groups is 1. The molecule has 0 aliphatic heterocycles. The highest BCUT2D eigenvalue weighted by atomic mass is 31.2. The van der Waals surface area contributed by atoms with Crippen molar-refractivity contribution in [1.29, 1.82) is 0 Å². The molecule has 0 rings (SSSR count). The highest BCUT2D eigenvalue weighted by molar-refractivity contribution is 7.47. The number of allylic oxidation sites excluding steroid dienone is 9. The van der Waals surface area contributed by atoms with Gasteiger partial charge in [-0.1, -0.05) is 216 Å². The molecule has 9 heteroatoms. The van der Waals surface area contributed by atoms with Crippen LogP contribution in [0.15, 0.2) is 60.8 Å². The van der Waals surface area contributed by atoms with Crippen molar-refractivity contribution in [2.75, 3.05) is 40.9 Å². The second-order valence-corrected chi connectivity index (χ2v) is 21.0. The van der Waals surface area contributed by atoms with Gasteiger partial charge in [-0.25, -0.2) is 4.57 Å². The third-order valence-electron chi connectivity index (χ3n) is 11.9. The van der Waals surface area contributed by atoms with Crippen LogP contribution in [0.2, 0.25) is 0 Å². The molecular formula is C56H106N2O6P+. The van der Waals surface area contributed by atoms with Gasteiger partial charge in [-0.2, -0.15) is 0 Å². The van der Waals surface area contributed by atoms with Crippen LogP contribution in [0, 0.1) is 0 Å². The first-order chi connectivity index (χ1) is 31.5. The smallest absolute Gasteiger partial charge is 0.387 e. The lowest BCUT2D eigenvalue weighted by Gasteiger charge is -2.25. The molecule has 3 unspecified atom stereocenters. The van der Waals surface area contributed by atoms with E-state index in [0.717, 1.165) is 51.4 Å². The zero-order valence-corrected chi connectivity index (χ0v) is 44.1. The lowest BCUT2D eigenvalue weighted by atomic mass is 10.0. The van der Waals surface area contributed by atoms with Gasteiger partial charge in [0.2, 0.25) is 5.91 Å². The molecule has 380 valence electrons. The lowest BCUT2D eigenvalue weighted by molar-refractivity contribution is -0.870. The van der Waals surface area contributed by atoms with Crippen LogP contribution in [0.25, 0.3) is 0 Å². The van der Waals surface area contributed by atoms with Gasteiger partial charge < -0.3 is 19.8 Å². The number of likely N-dealkylation sites (N-methyl/N-ethyl adjacent to an activating group) is 1. The first kappa shape index (κ1) is 63.2. The summed E-state index contributed by atoms with van der Waals surface area (Å²) in [4.78, 5) is 23.2. The van der Waals surface area contributed by atoms with Crippen molar-refractivity contribution >= 4 is 13.7 Å². The molecule has 0 fully saturated rings. The number of nitrogens with zero attached hydrogens (tertiary/aromatic N) is 1. The third-order valence-corrected chi connectivity index (χ3v) is 12.9. The molecule has 65 heavy (non-hydrogen) atoms. The molecule has 0 saturated carbocycles. The maximum absolute atomic E-state index is 12.9. The zero-order chi connectivity index (χ0) is 47.8. The zero-order valence-electron chi connectivity index (χ0n) is 43.2. The van der Waals surface area contributed by atoms with Crippen molar-refractivity contribution < 1.29 is 32.9 Å². The van der Waals surface area contributed by atoms with Gasteiger partial charge >= 0.3 is 7.82 Å². The van der Waals surface area contributed by atoms with E-state index in [4.69, 9.17) is 9.05 Å². The van der Waals surface area contributed by atoms with Crippen molar-refractivity contribution in [3.05, 3.63) is 60.8 Å². The molecule has 0 aliphatic rings. The Bertz CT molecular complexity index is 1240. The highest BCUT2D eigenvalue weighted by Gasteiger charge is 2.27. The van der Waals surface area contributed by atoms with E-state index in [2.05, 4.69) is 67.8 Å². The minimum Gasteiger partial charge on any atom is -0.387 e. The molecule has 0 bridgehead atoms. The molecule has 8 nitrogen and oxygen atoms in total. The summed E-state index contributed by atoms with van der Waals surface area (Å²) in [6, 6.07) is -0.874. The predicted octanol–water partition coefficient (Wildman–Crippen LogP) is 16.1. The average Bonchev–Trinajstić information content (AvgIpc) is 3.26. The molecule has 0 spiro atoms. The first-order valence-electron chi connectivity index (χ1n) is 27.2. The number of unbranched alkanes of at least 4 members (excludes halogenated alkanes) is 28. The number of aliphatic hydroxyl groups excluding tert-OH is 1. The van der Waals surface area contributed by atoms with Crippen molar-refractivity contribution in [2.24, 2.45) is 0 Å². The van der Waals surface area contributed by atoms with Crippen LogP contribution in [-0.4, -0.2) is 73.4 Å². The van der Waals surface area contributed by atoms with Gasteiger partial charge in [-0.15, -0.1) is 0 Å². The molecule has 3 N–H and O–H groups in total. The van der Waals surface area contributed by atoms with Gasteiger partial charge in [0.25, 0.3) is 0 Å². The van der Waals surface area contributed by atoms with E-state index in [1.807, 2.05) is 27.2 Å². The minimum atomic E-state index is -4.36. The van der Waals surface area contributed by atoms with Crippen LogP contribution < -0.4 is 5.32 Å². The van der Waals surface area contributed by atoms with Gasteiger partial charge in [0.05, 0.1) is 39.9 Å². The average molecular weight is 934 g/mol. The van der Waals surface area contributed by atoms with Crippen LogP contribution in [-0.2, 0) is 18.4 Å². The monoisotopic (exact) mass is 934 g/mol. The van der Waals surface area contributed by atoms with E-state index in [-0.39, 0.29) is 19.1 Å². The molecule has 1 amide bonds. The largest absolute Gasteiger partial charge is 0.472 e. The fourth-order valence-corrected chi connectivity index (χ4v) is 8.37. The topological polar surface area (TPSA) is 105 Å². The summed E-state index contributed by atoms with van der Waals surface area (Å²) in [6.45, 7) is 4.77. The summed E-state index contributed by atoms with van der Waals surface area (Å²) in [5.41, 5.74) is 0. The quantitative estimate of drug-likeness (QED) is 0.0243. The van der Waals surface area contributed by atoms with Crippen molar-refractivity contribution in [3.63, 3.8) is 0 Å². The predicted molar refractivity (Wildman–Crippen MR) is 281 cm³/mol. The van der Waals surface area contributed by atoms with Crippen LogP contribution in [0.4, 0.5) is 0 Å². The molecule has 0 aromatic carbocycles. The van der Waals surface area contributed by atoms with E-state index in [1.54, 1.807) is 6.08 Å². The number of rotatable bonds is 49. The van der Waals surface area contributed by atoms with Gasteiger partial charge in [-0.05, 0) is 77.0 Å². The Morgan fingerprint density at radius 3 is 1.35 bits per heavy atom. The first-order valence-corrected chi connectivity index (χ1v) is 28.7. The summed E-state index contributed by atoms with van der Waals surface area (Å²) < 4.78 is 23.6. The Labute approximate surface area is 402 Å². The van der Waals surface area contributed by atoms with Crippen molar-refractivity contribution in [1.82, 2.24) is 5.32 Å². The van der Waals surface area contributed by atoms with Crippen LogP contribution >= 0.6 is 7.82 Å². The number of hydrogen-bond donors (Lipinski definition) is 3. The van der Waals surface area contributed by atoms with E-state index < -0.39 is 20.0 Å². The van der Waals surface area contributed by atoms with Gasteiger partial charge in [0.1, 0.15) is 13.2 Å². The number of amides is 1. The van der Waals surface area contributed by atoms with Gasteiger partial charge in [0.15, 0.2) is 0 Å². The van der Waals surface area contributed by atoms with Gasteiger partial charge in [-0.3, -0.25) is 13.8 Å². The second-order valence-electron chi connectivity index (χ2n) is 19.6. The Morgan fingerprint density at radius 1 is 0.523 bits per heavy atom. The standard InChI is InChI=1S/C56H105N2O6P/c1-6-8-10-12-14-16-18-20-22-24-26-27-28-29-30-32-33-35-37-39-41-43-45-47-49-55(59)54(53-64-65(61,62)63-52-51-58(3,4)5)57-56(60)50-48-46-44-42-40-38-36-34-31-25-23-21-19-17-15-13-11-9-7-2/h15,17,21,23,32-33,39,41,47,49,54-55,59H,6-14,16,18-20,22,24-31,34-38,40,42-46,48,50-53H2,1-5H3,(H-,57,60,61,62)/p+1/b17-15-,23-21-,33-32+,41-39+,49-47+. The molecule has 3 atom stereocenters. The van der Waals surface area contributed by atoms with E-state index >= 15 is 0 Å². The number of quaternary nitrogens is 1. The number of phosphoric acid groups is 1. The van der Waals surface area contributed by atoms with Crippen LogP contribution in [0.1, 0.15) is 239 Å². The maximum atomic E-state index is 12.9. The molecular weight excluding hydrogens is 828 g/mol. The highest BCUT2D eigenvalue weighted by Crippen LogP contribution is 2.43. The number of carbonyl (C=O) groups is 1. The number of carbonyl (C=O) groups excluding carboxylic acids is 1. The Balaban J connectivity index is 4.35. The van der Waals surface area contributed by atoms with Crippen LogP contribution in [0.5, 0.6) is 0 Å². The van der Waals surface area contributed by atoms with E-state index in [9.17, 15) is 19.4 Å². The SMILES string of the molecule is CCCCC/C=C\C/C=C\CCCCCCCCCCCC(=O)NC(COP(=O)(O)OCC[N+](C)(C)C)C(O)/C=C/CC/C=C/CC/C=C/CCCCCCCCCCCCCCCC. The second kappa shape index (κ2) is 47.3. The molecule has 0 aromatic rings. The number of phosphoric ester groups is 1. The maximum Gasteiger partial charge on any atom is 0.472 e. The normalized spacial score (nSPS) is 14.5. The summed E-state index contributed by atoms with van der Waals surface area (Å²) >= 11 is 0. The van der Waals surface area contributed by atoms with E-state index in [1.165, 1.54) is 167 Å². The summed E-state index contributed by atoms with van der Waals surface area (Å²) in [6.07, 6.45) is 63.1. The van der Waals surface area contributed by atoms with Gasteiger partial charge in [0, 0.05) is 6.42 Å². The Morgan fingerprint density at radius 2 is 0.892 bits per heavy atom. The summed E-state index contributed by atoms with van der Waals surface area (Å²) in [5.74, 6) is -0.196. The third kappa shape index (κ3) is 49.9. The van der Waals surface area contributed by atoms with Crippen molar-refractivity contribution in [3.8, 4) is 0 Å². The number of hydrogen-bond acceptors (Lipinski definition) is 5. The molecule has 0 aliphatic carbocycles. The van der Waals surface area contributed by atoms with E-state index in [0.29, 0.717) is 17.4 Å². The van der Waals surface area contributed by atoms with Crippen LogP contribution in [0.3, 0.4) is 0 Å². The fourth-order valence-electron chi connectivity index (χ4n) is 7.63. The van der Waals surface area contributed by atoms with Crippen molar-refractivity contribution in [2.45, 2.75) is 251 Å². The summed E-state index contributed by atoms with van der Waals surface area (Å²) in [5, 5.41) is 13.9. The number of nitrogens with one attached hydrogen (secondary N) is 1. The minimum absolute atomic E-state index is 0.0509. The Kier molecular flexibility index (Phi) is 46.0. The molecule has 0 aromatic heterocycles. The Hall–Kier alpha value is -1.80. The fraction of sp³-hybridized carbons (Fsp3) is 0.804. The molecule has 0 saturated heterocycles. The lowest BCUT2D eigenvalue weighted by Crippen LogP contribution is -2.45. The molecule has 0 heterocycles.